The number of ether oxygens (including phenoxy) is 1. The molecule has 1 aliphatic heterocycles. The van der Waals surface area contributed by atoms with Gasteiger partial charge in [-0.2, -0.15) is 52.7 Å². The summed E-state index contributed by atoms with van der Waals surface area (Å²) in [4.78, 5) is 0. The first-order valence-corrected chi connectivity index (χ1v) is 19.9. The molecule has 4 nitrogen and oxygen atoms in total. The van der Waals surface area contributed by atoms with E-state index >= 15 is 0 Å². The summed E-state index contributed by atoms with van der Waals surface area (Å²) in [7, 11) is 0. The maximum atomic E-state index is 14.4. The van der Waals surface area contributed by atoms with E-state index in [1.54, 1.807) is 60.7 Å². The Balaban J connectivity index is 0.000000264. The van der Waals surface area contributed by atoms with Crippen molar-refractivity contribution in [2.45, 2.75) is 68.3 Å². The molecule has 20 heteroatoms. The number of epoxide rings is 1. The lowest BCUT2D eigenvalue weighted by Crippen LogP contribution is -2.51. The van der Waals surface area contributed by atoms with Gasteiger partial charge >= 0.3 is 24.7 Å². The number of aliphatic hydroxyl groups is 1. The van der Waals surface area contributed by atoms with Gasteiger partial charge in [0.25, 0.3) is 0 Å². The lowest BCUT2D eigenvalue weighted by atomic mass is 9.77. The van der Waals surface area contributed by atoms with Crippen LogP contribution >= 0.6 is 0 Å². The van der Waals surface area contributed by atoms with Gasteiger partial charge in [-0.25, -0.2) is 17.6 Å². The number of rotatable bonds is 11. The van der Waals surface area contributed by atoms with E-state index in [0.717, 1.165) is 35.9 Å². The molecule has 0 aromatic heterocycles. The van der Waals surface area contributed by atoms with Gasteiger partial charge in [-0.3, -0.25) is 0 Å². The van der Waals surface area contributed by atoms with Crippen molar-refractivity contribution in [2.75, 3.05) is 13.2 Å². The average Bonchev–Trinajstić information content (AvgIpc) is 4.13. The number of aliphatic hydroxyl groups excluding tert-OH is 1. The van der Waals surface area contributed by atoms with Gasteiger partial charge in [0.1, 0.15) is 23.3 Å². The Labute approximate surface area is 385 Å². The zero-order valence-corrected chi connectivity index (χ0v) is 34.8. The second-order valence-electron chi connectivity index (χ2n) is 15.5. The van der Waals surface area contributed by atoms with Crippen LogP contribution in [0.25, 0.3) is 0 Å². The van der Waals surface area contributed by atoms with Crippen LogP contribution in [-0.4, -0.2) is 42.8 Å². The summed E-state index contributed by atoms with van der Waals surface area (Å²) >= 11 is 0. The van der Waals surface area contributed by atoms with Gasteiger partial charge in [-0.1, -0.05) is 92.4 Å². The van der Waals surface area contributed by atoms with Crippen molar-refractivity contribution in [1.29, 1.82) is 0 Å². The van der Waals surface area contributed by atoms with Gasteiger partial charge in [0.05, 0.1) is 28.8 Å². The summed E-state index contributed by atoms with van der Waals surface area (Å²) in [6, 6.07) is 30.4. The van der Waals surface area contributed by atoms with Gasteiger partial charge in [-0.15, -0.1) is 0 Å². The minimum Gasteiger partial charge on any atom is -0.382 e. The van der Waals surface area contributed by atoms with Gasteiger partial charge in [-0.05, 0) is 107 Å². The van der Waals surface area contributed by atoms with E-state index in [4.69, 9.17) is 5.73 Å². The first kappa shape index (κ1) is 55.6. The van der Waals surface area contributed by atoms with E-state index in [1.165, 1.54) is 36.4 Å². The zero-order valence-electron chi connectivity index (χ0n) is 34.8. The predicted molar refractivity (Wildman–Crippen MR) is 224 cm³/mol. The van der Waals surface area contributed by atoms with Crippen molar-refractivity contribution >= 4 is 0 Å². The molecule has 1 fully saturated rings. The molecule has 0 aliphatic carbocycles. The zero-order chi connectivity index (χ0) is 50.3. The molecule has 0 saturated carbocycles. The molecule has 0 bridgehead atoms. The third-order valence-electron chi connectivity index (χ3n) is 10.5. The Hall–Kier alpha value is -5.96. The quantitative estimate of drug-likeness (QED) is 0.0893. The first-order valence-electron chi connectivity index (χ1n) is 19.9. The smallest absolute Gasteiger partial charge is 0.382 e. The molecule has 0 radical (unpaired) electrons. The van der Waals surface area contributed by atoms with Crippen molar-refractivity contribution in [3.8, 4) is 0 Å². The Morgan fingerprint density at radius 3 is 1.29 bits per heavy atom. The molecule has 6 aromatic rings. The standard InChI is InChI=1S/C24H19F8NO.C21H16F5N.C3H3F3O.CH4/c25-19-8-6-16(7-9-19)22(13-15-4-2-1-3-5-15,33-14-21(34)24(30,31)32)17-10-18(23(27,28)29)12-20(26)11-17;22-18-8-6-15(7-9-18)20(27,13-14-4-2-1-3-5-14)16-10-17(21(24,25)26)12-19(23)11-16;4-3(5,6)2-1-7-2;/h1-12,21,33-34H,13-14H2;1-12H,13,27H2;2H,1H2;1H4/t21-,22-;20-;2-;/m111./s1. The Morgan fingerprint density at radius 2 is 0.899 bits per heavy atom. The molecule has 1 aliphatic rings. The van der Waals surface area contributed by atoms with Crippen LogP contribution in [0.15, 0.2) is 146 Å². The fraction of sp³-hybridized carbons (Fsp3) is 0.265. The van der Waals surface area contributed by atoms with Crippen molar-refractivity contribution in [3.05, 3.63) is 213 Å². The number of nitrogens with one attached hydrogen (secondary N) is 1. The minimum absolute atomic E-state index is 0. The monoisotopic (exact) mass is 994 g/mol. The molecular formula is C49H42F16N2O2. The second-order valence-corrected chi connectivity index (χ2v) is 15.5. The van der Waals surface area contributed by atoms with Crippen LogP contribution in [0.2, 0.25) is 0 Å². The van der Waals surface area contributed by atoms with Crippen molar-refractivity contribution < 1.29 is 80.1 Å². The lowest BCUT2D eigenvalue weighted by molar-refractivity contribution is -0.202. The molecule has 6 aromatic carbocycles. The lowest BCUT2D eigenvalue weighted by Gasteiger charge is -2.38. The third kappa shape index (κ3) is 15.3. The SMILES string of the molecule is C.FC(F)(F)[C@H]1CO1.N[C@](Cc1ccccc1)(c1ccc(F)cc1)c1cc(F)cc(C(F)(F)F)c1.O[C@H](CN[C@](Cc1ccccc1)(c1ccc(F)cc1)c1cc(F)cc(C(F)(F)F)c1)C(F)(F)F. The fourth-order valence-corrected chi connectivity index (χ4v) is 6.94. The van der Waals surface area contributed by atoms with Crippen molar-refractivity contribution in [1.82, 2.24) is 5.32 Å². The van der Waals surface area contributed by atoms with Crippen LogP contribution in [0.4, 0.5) is 70.2 Å². The van der Waals surface area contributed by atoms with Crippen LogP contribution in [0.5, 0.6) is 0 Å². The summed E-state index contributed by atoms with van der Waals surface area (Å²) in [5.41, 5.74) is 2.03. The molecule has 1 heterocycles. The van der Waals surface area contributed by atoms with E-state index in [9.17, 15) is 75.4 Å². The topological polar surface area (TPSA) is 70.8 Å². The average molecular weight is 995 g/mol. The van der Waals surface area contributed by atoms with Gasteiger partial charge in [0.2, 0.25) is 0 Å². The molecule has 0 unspecified atom stereocenters. The van der Waals surface area contributed by atoms with Gasteiger partial charge < -0.3 is 20.9 Å². The van der Waals surface area contributed by atoms with E-state index in [1.807, 2.05) is 0 Å². The Bertz CT molecular complexity index is 2550. The van der Waals surface area contributed by atoms with E-state index < -0.39 is 88.9 Å². The fourth-order valence-electron chi connectivity index (χ4n) is 6.94. The normalized spacial score (nSPS) is 16.0. The van der Waals surface area contributed by atoms with Crippen LogP contribution in [-0.2, 0) is 41.0 Å². The number of hydrogen-bond acceptors (Lipinski definition) is 4. The van der Waals surface area contributed by atoms with E-state index in [0.29, 0.717) is 23.3 Å². The number of halogens is 16. The molecule has 372 valence electrons. The highest BCUT2D eigenvalue weighted by atomic mass is 19.4. The molecule has 0 amide bonds. The summed E-state index contributed by atoms with van der Waals surface area (Å²) in [5.74, 6) is -3.49. The van der Waals surface area contributed by atoms with Crippen LogP contribution in [0, 0.1) is 23.3 Å². The van der Waals surface area contributed by atoms with E-state index in [-0.39, 0.29) is 49.6 Å². The largest absolute Gasteiger partial charge is 0.416 e. The van der Waals surface area contributed by atoms with Gasteiger partial charge in [0, 0.05) is 6.54 Å². The highest BCUT2D eigenvalue weighted by Gasteiger charge is 2.49. The van der Waals surface area contributed by atoms with Crippen molar-refractivity contribution in [3.63, 3.8) is 0 Å². The van der Waals surface area contributed by atoms with Gasteiger partial charge in [0.15, 0.2) is 12.2 Å². The summed E-state index contributed by atoms with van der Waals surface area (Å²) in [6.07, 6.45) is -23.2. The summed E-state index contributed by atoms with van der Waals surface area (Å²) < 4.78 is 212. The second kappa shape index (κ2) is 22.2. The van der Waals surface area contributed by atoms with Crippen LogP contribution in [0.3, 0.4) is 0 Å². The molecule has 69 heavy (non-hydrogen) atoms. The van der Waals surface area contributed by atoms with E-state index in [2.05, 4.69) is 10.1 Å². The summed E-state index contributed by atoms with van der Waals surface area (Å²) in [6.45, 7) is -1.27. The Morgan fingerprint density at radius 1 is 0.507 bits per heavy atom. The maximum Gasteiger partial charge on any atom is 0.416 e. The maximum absolute atomic E-state index is 14.4. The molecule has 7 rings (SSSR count). The highest BCUT2D eigenvalue weighted by Crippen LogP contribution is 2.40. The van der Waals surface area contributed by atoms with Crippen LogP contribution < -0.4 is 11.1 Å². The predicted octanol–water partition coefficient (Wildman–Crippen LogP) is 13.0. The summed E-state index contributed by atoms with van der Waals surface area (Å²) in [5, 5.41) is 12.1. The number of nitrogens with two attached hydrogens (primary N) is 1. The van der Waals surface area contributed by atoms with Crippen molar-refractivity contribution in [2.24, 2.45) is 5.73 Å². The molecular weight excluding hydrogens is 953 g/mol. The number of alkyl halides is 12. The highest BCUT2D eigenvalue weighted by molar-refractivity contribution is 5.45. The van der Waals surface area contributed by atoms with Crippen LogP contribution in [0.1, 0.15) is 51.9 Å². The third-order valence-corrected chi connectivity index (χ3v) is 10.5. The molecule has 4 atom stereocenters. The number of benzene rings is 6. The molecule has 4 N–H and O–H groups in total. The minimum atomic E-state index is -5.02. The number of hydrogen-bond donors (Lipinski definition) is 3. The first-order chi connectivity index (χ1) is 31.6. The molecule has 0 spiro atoms. The molecule has 1 saturated heterocycles. The Kier molecular flexibility index (Phi) is 17.9.